The van der Waals surface area contributed by atoms with Gasteiger partial charge in [-0.3, -0.25) is 0 Å². The summed E-state index contributed by atoms with van der Waals surface area (Å²) in [4.78, 5) is 0. The van der Waals surface area contributed by atoms with E-state index in [1.165, 1.54) is 64.7 Å². The van der Waals surface area contributed by atoms with Gasteiger partial charge in [-0.15, -0.1) is 11.3 Å². The highest BCUT2D eigenvalue weighted by atomic mass is 32.1. The summed E-state index contributed by atoms with van der Waals surface area (Å²) in [6.07, 6.45) is 0. The van der Waals surface area contributed by atoms with Crippen molar-refractivity contribution in [3.05, 3.63) is 125 Å². The number of thiophene rings is 1. The third-order valence-electron chi connectivity index (χ3n) is 10.2. The minimum Gasteiger partial charge on any atom is -0.399 e. The number of hydrogen-bond donors (Lipinski definition) is 0. The van der Waals surface area contributed by atoms with Gasteiger partial charge in [0.15, 0.2) is 0 Å². The van der Waals surface area contributed by atoms with Gasteiger partial charge in [-0.1, -0.05) is 103 Å². The lowest BCUT2D eigenvalue weighted by Crippen LogP contribution is -2.41. The highest BCUT2D eigenvalue weighted by Crippen LogP contribution is 2.64. The van der Waals surface area contributed by atoms with E-state index in [0.717, 1.165) is 5.46 Å². The number of hydrogen-bond acceptors (Lipinski definition) is 3. The molecule has 3 aliphatic rings. The summed E-state index contributed by atoms with van der Waals surface area (Å²) in [5.41, 5.74) is 10.9. The summed E-state index contributed by atoms with van der Waals surface area (Å²) in [5, 5.41) is 2.57. The van der Waals surface area contributed by atoms with E-state index in [9.17, 15) is 0 Å². The summed E-state index contributed by atoms with van der Waals surface area (Å²) >= 11 is 1.89. The van der Waals surface area contributed by atoms with E-state index in [0.29, 0.717) is 0 Å². The molecule has 6 aromatic rings. The molecule has 0 radical (unpaired) electrons. The highest BCUT2D eigenvalue weighted by molar-refractivity contribution is 7.27. The van der Waals surface area contributed by atoms with Crippen LogP contribution in [0.3, 0.4) is 0 Å². The van der Waals surface area contributed by atoms with Gasteiger partial charge < -0.3 is 9.31 Å². The molecule has 2 aliphatic carbocycles. The molecule has 1 aromatic heterocycles. The molecule has 0 atom stereocenters. The van der Waals surface area contributed by atoms with E-state index in [1.54, 1.807) is 0 Å². The quantitative estimate of drug-likeness (QED) is 0.191. The Bertz CT molecular complexity index is 2020. The minimum atomic E-state index is -0.392. The van der Waals surface area contributed by atoms with Crippen LogP contribution < -0.4 is 5.46 Å². The maximum absolute atomic E-state index is 6.54. The van der Waals surface area contributed by atoms with Gasteiger partial charge in [0.1, 0.15) is 0 Å². The van der Waals surface area contributed by atoms with Crippen LogP contribution in [0.15, 0.2) is 103 Å². The van der Waals surface area contributed by atoms with Gasteiger partial charge in [0.2, 0.25) is 0 Å². The fraction of sp³-hybridized carbons (Fsp3) is 0.189. The molecule has 1 fully saturated rings. The first-order valence-corrected chi connectivity index (χ1v) is 15.3. The SMILES string of the molecule is CC1(C)OB(c2cccc3c2sc2c4c(ccc23)C2(c3ccccc3-c3ccccc32)c2ccccc2-4)OC1(C)C. The van der Waals surface area contributed by atoms with Gasteiger partial charge in [0.25, 0.3) is 0 Å². The Hall–Kier alpha value is -3.70. The maximum Gasteiger partial charge on any atom is 0.496 e. The maximum atomic E-state index is 6.54. The Morgan fingerprint density at radius 1 is 0.512 bits per heavy atom. The van der Waals surface area contributed by atoms with E-state index in [4.69, 9.17) is 9.31 Å². The van der Waals surface area contributed by atoms with Gasteiger partial charge >= 0.3 is 7.12 Å². The van der Waals surface area contributed by atoms with Gasteiger partial charge in [-0.05, 0) is 72.0 Å². The van der Waals surface area contributed by atoms with Gasteiger partial charge in [0.05, 0.1) is 16.6 Å². The summed E-state index contributed by atoms with van der Waals surface area (Å²) in [6, 6.07) is 38.4. The number of fused-ring (bicyclic) bond motifs is 14. The number of rotatable bonds is 1. The van der Waals surface area contributed by atoms with E-state index in [2.05, 4.69) is 131 Å². The molecule has 0 amide bonds. The van der Waals surface area contributed by atoms with E-state index in [-0.39, 0.29) is 16.6 Å². The second kappa shape index (κ2) is 7.77. The minimum absolute atomic E-state index is 0.321. The van der Waals surface area contributed by atoms with E-state index < -0.39 is 7.12 Å². The largest absolute Gasteiger partial charge is 0.496 e. The lowest BCUT2D eigenvalue weighted by atomic mass is 9.70. The van der Waals surface area contributed by atoms with Crippen LogP contribution in [0, 0.1) is 0 Å². The highest BCUT2D eigenvalue weighted by Gasteiger charge is 2.53. The molecule has 1 aliphatic heterocycles. The molecule has 4 heteroatoms. The standard InChI is InChI=1S/C37H29BO2S/c1-35(2)36(3,4)40-38(39-35)31-19-11-15-24-25-20-21-30-32(34(25)41-33(24)31)26-14-7-10-18-29(26)37(30)27-16-8-5-12-22(27)23-13-6-9-17-28(23)37/h5-21H,1-4H3. The van der Waals surface area contributed by atoms with E-state index >= 15 is 0 Å². The average molecular weight is 549 g/mol. The Kier molecular flexibility index (Phi) is 4.54. The van der Waals surface area contributed by atoms with Crippen molar-refractivity contribution in [2.75, 3.05) is 0 Å². The fourth-order valence-corrected chi connectivity index (χ4v) is 8.99. The zero-order valence-corrected chi connectivity index (χ0v) is 24.4. The van der Waals surface area contributed by atoms with E-state index in [1.807, 2.05) is 11.3 Å². The van der Waals surface area contributed by atoms with Crippen molar-refractivity contribution in [3.8, 4) is 22.3 Å². The molecule has 41 heavy (non-hydrogen) atoms. The molecule has 198 valence electrons. The average Bonchev–Trinajstić information content (AvgIpc) is 3.65. The molecular weight excluding hydrogens is 519 g/mol. The predicted octanol–water partition coefficient (Wildman–Crippen LogP) is 8.70. The number of benzene rings is 5. The smallest absolute Gasteiger partial charge is 0.399 e. The third-order valence-corrected chi connectivity index (χ3v) is 11.4. The molecule has 0 saturated carbocycles. The lowest BCUT2D eigenvalue weighted by Gasteiger charge is -2.32. The molecule has 5 aromatic carbocycles. The Morgan fingerprint density at radius 2 is 1.05 bits per heavy atom. The molecule has 9 rings (SSSR count). The third kappa shape index (κ3) is 2.81. The molecule has 2 nitrogen and oxygen atoms in total. The molecule has 1 saturated heterocycles. The van der Waals surface area contributed by atoms with Crippen LogP contribution >= 0.6 is 11.3 Å². The Morgan fingerprint density at radius 3 is 1.68 bits per heavy atom. The molecule has 0 N–H and O–H groups in total. The van der Waals surface area contributed by atoms with Crippen molar-refractivity contribution in [1.29, 1.82) is 0 Å². The van der Waals surface area contributed by atoms with Crippen LogP contribution in [0.25, 0.3) is 42.4 Å². The Labute approximate surface area is 244 Å². The first kappa shape index (κ1) is 24.0. The summed E-state index contributed by atoms with van der Waals surface area (Å²) < 4.78 is 15.7. The summed E-state index contributed by atoms with van der Waals surface area (Å²) in [5.74, 6) is 0. The van der Waals surface area contributed by atoms with Crippen molar-refractivity contribution >= 4 is 44.1 Å². The normalized spacial score (nSPS) is 18.6. The zero-order chi connectivity index (χ0) is 27.7. The van der Waals surface area contributed by atoms with Crippen molar-refractivity contribution in [1.82, 2.24) is 0 Å². The zero-order valence-electron chi connectivity index (χ0n) is 23.6. The summed E-state index contributed by atoms with van der Waals surface area (Å²) in [6.45, 7) is 8.49. The van der Waals surface area contributed by atoms with Crippen LogP contribution in [-0.4, -0.2) is 18.3 Å². The molecule has 1 spiro atoms. The molecule has 0 bridgehead atoms. The van der Waals surface area contributed by atoms with Crippen molar-refractivity contribution in [3.63, 3.8) is 0 Å². The second-order valence-electron chi connectivity index (χ2n) is 12.7. The summed E-state index contributed by atoms with van der Waals surface area (Å²) in [7, 11) is -0.392. The Balaban J connectivity index is 1.37. The molecule has 2 heterocycles. The van der Waals surface area contributed by atoms with Crippen LogP contribution in [0.5, 0.6) is 0 Å². The predicted molar refractivity (Wildman–Crippen MR) is 171 cm³/mol. The van der Waals surface area contributed by atoms with Crippen LogP contribution in [-0.2, 0) is 14.7 Å². The van der Waals surface area contributed by atoms with Crippen LogP contribution in [0.2, 0.25) is 0 Å². The van der Waals surface area contributed by atoms with Crippen LogP contribution in [0.1, 0.15) is 49.9 Å². The van der Waals surface area contributed by atoms with Gasteiger partial charge in [-0.2, -0.15) is 0 Å². The van der Waals surface area contributed by atoms with Crippen molar-refractivity contribution in [2.24, 2.45) is 0 Å². The van der Waals surface area contributed by atoms with Crippen molar-refractivity contribution < 1.29 is 9.31 Å². The second-order valence-corrected chi connectivity index (χ2v) is 13.7. The topological polar surface area (TPSA) is 18.5 Å². The monoisotopic (exact) mass is 548 g/mol. The molecular formula is C37H29BO2S. The van der Waals surface area contributed by atoms with Crippen molar-refractivity contribution in [2.45, 2.75) is 44.3 Å². The van der Waals surface area contributed by atoms with Gasteiger partial charge in [0, 0.05) is 25.8 Å². The first-order chi connectivity index (χ1) is 19.8. The fourth-order valence-electron chi connectivity index (χ4n) is 7.61. The van der Waals surface area contributed by atoms with Crippen LogP contribution in [0.4, 0.5) is 0 Å². The lowest BCUT2D eigenvalue weighted by molar-refractivity contribution is 0.00578. The first-order valence-electron chi connectivity index (χ1n) is 14.5. The molecule has 0 unspecified atom stereocenters. The van der Waals surface area contributed by atoms with Gasteiger partial charge in [-0.25, -0.2) is 0 Å².